The van der Waals surface area contributed by atoms with Gasteiger partial charge in [-0.2, -0.15) is 0 Å². The second-order valence-corrected chi connectivity index (χ2v) is 3.60. The third-order valence-electron chi connectivity index (χ3n) is 2.65. The number of benzene rings is 1. The molecular weight excluding hydrogens is 204 g/mol. The Hall–Kier alpha value is -2.36. The first kappa shape index (κ1) is 8.91. The normalized spacial score (nSPS) is 11.0. The van der Waals surface area contributed by atoms with Gasteiger partial charge in [0.05, 0.1) is 5.69 Å². The largest absolute Gasteiger partial charge is 0.494 e. The summed E-state index contributed by atoms with van der Waals surface area (Å²) in [5, 5.41) is 20.3. The molecule has 0 spiro atoms. The second kappa shape index (κ2) is 3.06. The molecule has 0 atom stereocenters. The van der Waals surface area contributed by atoms with Crippen molar-refractivity contribution in [3.63, 3.8) is 0 Å². The summed E-state index contributed by atoms with van der Waals surface area (Å²) in [6.45, 7) is 0. The van der Waals surface area contributed by atoms with Crippen molar-refractivity contribution in [1.29, 1.82) is 0 Å². The summed E-state index contributed by atoms with van der Waals surface area (Å²) in [5.74, 6) is 0.0320. The Bertz CT molecular complexity index is 632. The van der Waals surface area contributed by atoms with Gasteiger partial charge in [0.1, 0.15) is 0 Å². The Balaban J connectivity index is 2.35. The van der Waals surface area contributed by atoms with Gasteiger partial charge in [-0.15, -0.1) is 0 Å². The maximum absolute atomic E-state index is 9.65. The van der Waals surface area contributed by atoms with Crippen LogP contribution in [0, 0.1) is 0 Å². The lowest BCUT2D eigenvalue weighted by Crippen LogP contribution is -1.90. The van der Waals surface area contributed by atoms with Gasteiger partial charge in [0.25, 0.3) is 0 Å². The number of nitrogens with zero attached hydrogens (tertiary/aromatic N) is 1. The minimum atomic E-state index is 0.0160. The highest BCUT2D eigenvalue weighted by Crippen LogP contribution is 2.31. The summed E-state index contributed by atoms with van der Waals surface area (Å²) in [4.78, 5) is 3.09. The fourth-order valence-electron chi connectivity index (χ4n) is 1.90. The number of para-hydroxylation sites is 1. The molecule has 3 aromatic rings. The monoisotopic (exact) mass is 214 g/mol. The van der Waals surface area contributed by atoms with Gasteiger partial charge in [0.15, 0.2) is 11.8 Å². The number of hydrogen-bond acceptors (Lipinski definition) is 2. The number of hydrogen-bond donors (Lipinski definition) is 3. The Morgan fingerprint density at radius 2 is 1.62 bits per heavy atom. The van der Waals surface area contributed by atoms with Crippen molar-refractivity contribution in [2.24, 2.45) is 0 Å². The fraction of sp³-hybridized carbons (Fsp3) is 0. The van der Waals surface area contributed by atoms with Crippen LogP contribution in [0.1, 0.15) is 0 Å². The Morgan fingerprint density at radius 3 is 2.38 bits per heavy atom. The number of aromatic hydroxyl groups is 2. The van der Waals surface area contributed by atoms with E-state index < -0.39 is 0 Å². The zero-order chi connectivity index (χ0) is 11.1. The Morgan fingerprint density at radius 1 is 0.938 bits per heavy atom. The molecule has 2 aromatic heterocycles. The summed E-state index contributed by atoms with van der Waals surface area (Å²) in [6.07, 6.45) is 1.75. The van der Waals surface area contributed by atoms with E-state index in [1.165, 1.54) is 16.7 Å². The van der Waals surface area contributed by atoms with Gasteiger partial charge >= 0.3 is 0 Å². The SMILES string of the molecule is Oc1ccc(O)n1-c1c[nH]c2ccccc12. The van der Waals surface area contributed by atoms with E-state index in [1.807, 2.05) is 24.3 Å². The molecule has 0 saturated heterocycles. The van der Waals surface area contributed by atoms with Crippen LogP contribution in [0.15, 0.2) is 42.6 Å². The van der Waals surface area contributed by atoms with Crippen LogP contribution < -0.4 is 0 Å². The van der Waals surface area contributed by atoms with Crippen LogP contribution >= 0.6 is 0 Å². The molecule has 4 nitrogen and oxygen atoms in total. The molecular formula is C12H10N2O2. The van der Waals surface area contributed by atoms with E-state index in [2.05, 4.69) is 4.98 Å². The summed E-state index contributed by atoms with van der Waals surface area (Å²) in [6, 6.07) is 10.6. The first-order valence-electron chi connectivity index (χ1n) is 4.93. The van der Waals surface area contributed by atoms with E-state index in [0.29, 0.717) is 0 Å². The number of nitrogens with one attached hydrogen (secondary N) is 1. The maximum Gasteiger partial charge on any atom is 0.198 e. The van der Waals surface area contributed by atoms with Crippen LogP contribution in [0.4, 0.5) is 0 Å². The number of fused-ring (bicyclic) bond motifs is 1. The smallest absolute Gasteiger partial charge is 0.198 e. The van der Waals surface area contributed by atoms with Crippen LogP contribution in [0.3, 0.4) is 0 Å². The molecule has 3 N–H and O–H groups in total. The maximum atomic E-state index is 9.65. The lowest BCUT2D eigenvalue weighted by Gasteiger charge is -2.04. The van der Waals surface area contributed by atoms with Crippen LogP contribution in [-0.4, -0.2) is 19.8 Å². The summed E-state index contributed by atoms with van der Waals surface area (Å²) >= 11 is 0. The van der Waals surface area contributed by atoms with Gasteiger partial charge in [0.2, 0.25) is 0 Å². The molecule has 0 fully saturated rings. The van der Waals surface area contributed by atoms with Crippen molar-refractivity contribution in [3.05, 3.63) is 42.6 Å². The Labute approximate surface area is 91.4 Å². The third-order valence-corrected chi connectivity index (χ3v) is 2.65. The molecule has 80 valence electrons. The van der Waals surface area contributed by atoms with Crippen LogP contribution in [0.25, 0.3) is 16.6 Å². The van der Waals surface area contributed by atoms with E-state index in [-0.39, 0.29) is 11.8 Å². The minimum Gasteiger partial charge on any atom is -0.494 e. The number of rotatable bonds is 1. The average Bonchev–Trinajstić information content (AvgIpc) is 2.83. The molecule has 0 radical (unpaired) electrons. The van der Waals surface area contributed by atoms with Gasteiger partial charge in [0, 0.05) is 29.2 Å². The van der Waals surface area contributed by atoms with Crippen molar-refractivity contribution in [3.8, 4) is 17.4 Å². The molecule has 4 heteroatoms. The van der Waals surface area contributed by atoms with Crippen molar-refractivity contribution < 1.29 is 10.2 Å². The molecule has 3 rings (SSSR count). The van der Waals surface area contributed by atoms with Crippen LogP contribution in [-0.2, 0) is 0 Å². The van der Waals surface area contributed by atoms with Gasteiger partial charge in [-0.3, -0.25) is 0 Å². The van der Waals surface area contributed by atoms with Crippen molar-refractivity contribution in [2.75, 3.05) is 0 Å². The van der Waals surface area contributed by atoms with Crippen molar-refractivity contribution in [2.45, 2.75) is 0 Å². The topological polar surface area (TPSA) is 61.2 Å². The third kappa shape index (κ3) is 1.10. The summed E-state index contributed by atoms with van der Waals surface area (Å²) in [7, 11) is 0. The second-order valence-electron chi connectivity index (χ2n) is 3.60. The van der Waals surface area contributed by atoms with Crippen molar-refractivity contribution in [1.82, 2.24) is 9.55 Å². The highest BCUT2D eigenvalue weighted by atomic mass is 16.3. The fourth-order valence-corrected chi connectivity index (χ4v) is 1.90. The zero-order valence-corrected chi connectivity index (χ0v) is 8.38. The molecule has 0 unspecified atom stereocenters. The quantitative estimate of drug-likeness (QED) is 0.582. The summed E-state index contributed by atoms with van der Waals surface area (Å²) < 4.78 is 1.39. The average molecular weight is 214 g/mol. The molecule has 0 amide bonds. The van der Waals surface area contributed by atoms with Crippen LogP contribution in [0.2, 0.25) is 0 Å². The van der Waals surface area contributed by atoms with Gasteiger partial charge in [-0.25, -0.2) is 4.57 Å². The first-order chi connectivity index (χ1) is 7.77. The molecule has 0 saturated carbocycles. The highest BCUT2D eigenvalue weighted by Gasteiger charge is 2.11. The minimum absolute atomic E-state index is 0.0160. The molecule has 1 aromatic carbocycles. The van der Waals surface area contributed by atoms with Gasteiger partial charge in [-0.1, -0.05) is 18.2 Å². The first-order valence-corrected chi connectivity index (χ1v) is 4.93. The highest BCUT2D eigenvalue weighted by molar-refractivity contribution is 5.88. The van der Waals surface area contributed by atoms with E-state index in [4.69, 9.17) is 0 Å². The van der Waals surface area contributed by atoms with E-state index in [1.54, 1.807) is 6.20 Å². The van der Waals surface area contributed by atoms with Crippen molar-refractivity contribution >= 4 is 10.9 Å². The van der Waals surface area contributed by atoms with E-state index in [0.717, 1.165) is 16.6 Å². The van der Waals surface area contributed by atoms with Gasteiger partial charge in [-0.05, 0) is 6.07 Å². The predicted molar refractivity (Wildman–Crippen MR) is 61.0 cm³/mol. The van der Waals surface area contributed by atoms with Gasteiger partial charge < -0.3 is 15.2 Å². The molecule has 0 aliphatic carbocycles. The standard InChI is InChI=1S/C12H10N2O2/c15-11-5-6-12(16)14(11)10-7-13-9-4-2-1-3-8(9)10/h1-7,13,15-16H. The Kier molecular flexibility index (Phi) is 1.71. The zero-order valence-electron chi connectivity index (χ0n) is 8.38. The molecule has 0 bridgehead atoms. The van der Waals surface area contributed by atoms with E-state index >= 15 is 0 Å². The molecule has 0 aliphatic rings. The molecule has 16 heavy (non-hydrogen) atoms. The number of H-pyrrole nitrogens is 1. The summed E-state index contributed by atoms with van der Waals surface area (Å²) in [5.41, 5.74) is 1.70. The molecule has 2 heterocycles. The lowest BCUT2D eigenvalue weighted by molar-refractivity contribution is 0.403. The lowest BCUT2D eigenvalue weighted by atomic mass is 10.2. The predicted octanol–water partition coefficient (Wildman–Crippen LogP) is 2.37. The molecule has 0 aliphatic heterocycles. The van der Waals surface area contributed by atoms with Crippen LogP contribution in [0.5, 0.6) is 11.8 Å². The van der Waals surface area contributed by atoms with E-state index in [9.17, 15) is 10.2 Å². The number of aromatic amines is 1. The number of aromatic nitrogens is 2.